The topological polar surface area (TPSA) is 55.8 Å². The molecular weight excluding hydrogens is 442 g/mol. The summed E-state index contributed by atoms with van der Waals surface area (Å²) in [6, 6.07) is 2.01. The number of nitrogens with zero attached hydrogens (tertiary/aromatic N) is 1. The molecule has 0 unspecified atom stereocenters. The van der Waals surface area contributed by atoms with Crippen LogP contribution >= 0.6 is 27.3 Å². The lowest BCUT2D eigenvalue weighted by atomic mass is 9.81. The molecule has 2 saturated carbocycles. The first-order valence-electron chi connectivity index (χ1n) is 10.2. The fraction of sp³-hybridized carbons (Fsp3) is 0.714. The molecule has 0 aliphatic heterocycles. The van der Waals surface area contributed by atoms with Crippen LogP contribution in [-0.4, -0.2) is 38.2 Å². The Morgan fingerprint density at radius 1 is 1.07 bits per heavy atom. The fourth-order valence-electron chi connectivity index (χ4n) is 4.51. The third-order valence-corrected chi connectivity index (χ3v) is 7.86. The predicted molar refractivity (Wildman–Crippen MR) is 115 cm³/mol. The van der Waals surface area contributed by atoms with Crippen molar-refractivity contribution in [3.8, 4) is 0 Å². The number of halogens is 1. The number of carbonyl (C=O) groups excluding carboxylic acids is 2. The summed E-state index contributed by atoms with van der Waals surface area (Å²) in [6.45, 7) is 2.26. The number of ether oxygens (including phenoxy) is 2. The molecule has 0 saturated heterocycles. The predicted octanol–water partition coefficient (Wildman–Crippen LogP) is 5.41. The van der Waals surface area contributed by atoms with E-state index in [0.717, 1.165) is 55.2 Å². The number of rotatable bonds is 5. The molecule has 0 radical (unpaired) electrons. The van der Waals surface area contributed by atoms with E-state index in [1.165, 1.54) is 18.4 Å². The van der Waals surface area contributed by atoms with Crippen LogP contribution in [0.2, 0.25) is 0 Å². The van der Waals surface area contributed by atoms with Crippen LogP contribution in [-0.2, 0) is 14.3 Å². The van der Waals surface area contributed by atoms with Crippen LogP contribution in [0, 0.1) is 11.8 Å². The average molecular weight is 472 g/mol. The number of hydrogen-bond acceptors (Lipinski definition) is 5. The monoisotopic (exact) mass is 471 g/mol. The summed E-state index contributed by atoms with van der Waals surface area (Å²) in [4.78, 5) is 28.5. The Hall–Kier alpha value is -0.920. The molecule has 2 fully saturated rings. The Balaban J connectivity index is 1.91. The summed E-state index contributed by atoms with van der Waals surface area (Å²) < 4.78 is 11.3. The zero-order chi connectivity index (χ0) is 20.3. The maximum atomic E-state index is 13.7. The molecule has 5 nitrogen and oxygen atoms in total. The summed E-state index contributed by atoms with van der Waals surface area (Å²) in [5, 5.41) is 0. The Bertz CT molecular complexity index is 691. The molecule has 0 bridgehead atoms. The summed E-state index contributed by atoms with van der Waals surface area (Å²) in [7, 11) is 3.14. The van der Waals surface area contributed by atoms with Gasteiger partial charge in [-0.05, 0) is 79.3 Å². The Labute approximate surface area is 179 Å². The van der Waals surface area contributed by atoms with Gasteiger partial charge in [0.1, 0.15) is 4.88 Å². The van der Waals surface area contributed by atoms with Gasteiger partial charge in [0.2, 0.25) is 5.91 Å². The van der Waals surface area contributed by atoms with Crippen molar-refractivity contribution >= 4 is 44.8 Å². The first kappa shape index (κ1) is 21.8. The van der Waals surface area contributed by atoms with Gasteiger partial charge in [-0.2, -0.15) is 0 Å². The van der Waals surface area contributed by atoms with Gasteiger partial charge in [0.15, 0.2) is 0 Å². The highest BCUT2D eigenvalue weighted by atomic mass is 79.9. The van der Waals surface area contributed by atoms with E-state index in [9.17, 15) is 9.59 Å². The summed E-state index contributed by atoms with van der Waals surface area (Å²) in [5.74, 6) is 0.519. The lowest BCUT2D eigenvalue weighted by molar-refractivity contribution is -0.124. The number of esters is 1. The molecule has 0 spiro atoms. The minimum atomic E-state index is -0.383. The molecule has 2 aliphatic rings. The molecule has 28 heavy (non-hydrogen) atoms. The maximum Gasteiger partial charge on any atom is 0.350 e. The van der Waals surface area contributed by atoms with Crippen molar-refractivity contribution in [2.75, 3.05) is 19.1 Å². The average Bonchev–Trinajstić information content (AvgIpc) is 3.09. The standard InChI is InChI=1S/C21H30BrNO4S/c1-13-4-6-14(7-5-13)20(24)23(15-8-10-16(26-2)11-9-15)17-12-18(22)28-19(17)21(25)27-3/h12-16H,4-11H2,1-3H3. The van der Waals surface area contributed by atoms with Gasteiger partial charge in [0.05, 0.1) is 22.7 Å². The minimum absolute atomic E-state index is 0.0421. The van der Waals surface area contributed by atoms with Gasteiger partial charge >= 0.3 is 5.97 Å². The largest absolute Gasteiger partial charge is 0.465 e. The highest BCUT2D eigenvalue weighted by molar-refractivity contribution is 9.11. The van der Waals surface area contributed by atoms with Gasteiger partial charge < -0.3 is 14.4 Å². The van der Waals surface area contributed by atoms with Gasteiger partial charge in [-0.25, -0.2) is 4.79 Å². The van der Waals surface area contributed by atoms with Crippen molar-refractivity contribution in [1.82, 2.24) is 0 Å². The van der Waals surface area contributed by atoms with E-state index in [4.69, 9.17) is 9.47 Å². The number of anilines is 1. The molecule has 1 amide bonds. The van der Waals surface area contributed by atoms with Gasteiger partial charge in [0.25, 0.3) is 0 Å². The van der Waals surface area contributed by atoms with Gasteiger partial charge in [-0.1, -0.05) is 6.92 Å². The Kier molecular flexibility index (Phi) is 7.56. The second-order valence-corrected chi connectivity index (χ2v) is 10.5. The van der Waals surface area contributed by atoms with E-state index in [2.05, 4.69) is 22.9 Å². The molecule has 3 rings (SSSR count). The lowest BCUT2D eigenvalue weighted by Crippen LogP contribution is -2.47. The highest BCUT2D eigenvalue weighted by Crippen LogP contribution is 2.40. The molecule has 7 heteroatoms. The van der Waals surface area contributed by atoms with Crippen LogP contribution in [0.25, 0.3) is 0 Å². The smallest absolute Gasteiger partial charge is 0.350 e. The zero-order valence-electron chi connectivity index (χ0n) is 16.9. The molecule has 1 heterocycles. The van der Waals surface area contributed by atoms with Crippen LogP contribution in [0.1, 0.15) is 68.0 Å². The Morgan fingerprint density at radius 2 is 1.71 bits per heavy atom. The summed E-state index contributed by atoms with van der Waals surface area (Å²) in [6.07, 6.45) is 7.97. The molecule has 0 aromatic carbocycles. The lowest BCUT2D eigenvalue weighted by Gasteiger charge is -2.39. The second kappa shape index (κ2) is 9.72. The van der Waals surface area contributed by atoms with Crippen LogP contribution in [0.5, 0.6) is 0 Å². The van der Waals surface area contributed by atoms with Crippen LogP contribution in [0.15, 0.2) is 9.85 Å². The van der Waals surface area contributed by atoms with E-state index in [1.807, 2.05) is 11.0 Å². The van der Waals surface area contributed by atoms with Gasteiger partial charge in [-0.15, -0.1) is 11.3 Å². The van der Waals surface area contributed by atoms with Gasteiger partial charge in [-0.3, -0.25) is 4.79 Å². The van der Waals surface area contributed by atoms with Crippen molar-refractivity contribution in [3.63, 3.8) is 0 Å². The van der Waals surface area contributed by atoms with E-state index >= 15 is 0 Å². The summed E-state index contributed by atoms with van der Waals surface area (Å²) >= 11 is 4.83. The van der Waals surface area contributed by atoms with Crippen molar-refractivity contribution in [2.45, 2.75) is 70.4 Å². The highest BCUT2D eigenvalue weighted by Gasteiger charge is 2.37. The maximum absolute atomic E-state index is 13.7. The number of hydrogen-bond donors (Lipinski definition) is 0. The van der Waals surface area contributed by atoms with Crippen LogP contribution < -0.4 is 4.90 Å². The molecular formula is C21H30BrNO4S. The molecule has 2 aliphatic carbocycles. The number of carbonyl (C=O) groups is 2. The number of amides is 1. The molecule has 0 atom stereocenters. The van der Waals surface area contributed by atoms with Crippen molar-refractivity contribution in [1.29, 1.82) is 0 Å². The van der Waals surface area contributed by atoms with Crippen molar-refractivity contribution < 1.29 is 19.1 Å². The van der Waals surface area contributed by atoms with E-state index in [-0.39, 0.29) is 29.9 Å². The SMILES string of the molecule is COC(=O)c1sc(Br)cc1N(C(=O)C1CCC(C)CC1)C1CCC(OC)CC1. The van der Waals surface area contributed by atoms with Crippen LogP contribution in [0.4, 0.5) is 5.69 Å². The number of thiophene rings is 1. The van der Waals surface area contributed by atoms with E-state index in [0.29, 0.717) is 16.5 Å². The normalized spacial score (nSPS) is 28.0. The molecule has 0 N–H and O–H groups in total. The second-order valence-electron chi connectivity index (χ2n) is 8.09. The third kappa shape index (κ3) is 4.79. The quantitative estimate of drug-likeness (QED) is 0.538. The molecule has 1 aromatic heterocycles. The first-order valence-corrected chi connectivity index (χ1v) is 11.8. The van der Waals surface area contributed by atoms with E-state index in [1.54, 1.807) is 7.11 Å². The minimum Gasteiger partial charge on any atom is -0.465 e. The first-order chi connectivity index (χ1) is 13.4. The van der Waals surface area contributed by atoms with Crippen molar-refractivity contribution in [2.24, 2.45) is 11.8 Å². The fourth-order valence-corrected chi connectivity index (χ4v) is 6.00. The zero-order valence-corrected chi connectivity index (χ0v) is 19.3. The summed E-state index contributed by atoms with van der Waals surface area (Å²) in [5.41, 5.74) is 0.702. The van der Waals surface area contributed by atoms with E-state index < -0.39 is 0 Å². The Morgan fingerprint density at radius 3 is 2.29 bits per heavy atom. The van der Waals surface area contributed by atoms with Crippen molar-refractivity contribution in [3.05, 3.63) is 14.7 Å². The third-order valence-electron chi connectivity index (χ3n) is 6.26. The molecule has 156 valence electrons. The van der Waals surface area contributed by atoms with Crippen LogP contribution in [0.3, 0.4) is 0 Å². The molecule has 1 aromatic rings. The number of methoxy groups -OCH3 is 2. The van der Waals surface area contributed by atoms with Gasteiger partial charge in [0, 0.05) is 19.1 Å².